The number of hydrogen-bond donors (Lipinski definition) is 2. The van der Waals surface area contributed by atoms with Gasteiger partial charge in [-0.3, -0.25) is 9.53 Å². The number of nitrogens with one attached hydrogen (secondary N) is 1. The van der Waals surface area contributed by atoms with Crippen LogP contribution in [0.2, 0.25) is 0 Å². The van der Waals surface area contributed by atoms with Crippen molar-refractivity contribution < 1.29 is 13.9 Å². The molecule has 0 aromatic heterocycles. The summed E-state index contributed by atoms with van der Waals surface area (Å²) in [7, 11) is 0. The smallest absolute Gasteiger partial charge is 0.0931 e. The van der Waals surface area contributed by atoms with Gasteiger partial charge in [-0.05, 0) is 0 Å². The fourth-order valence-electron chi connectivity index (χ4n) is 0.235. The van der Waals surface area contributed by atoms with E-state index in [-0.39, 0.29) is 12.5 Å². The zero-order chi connectivity index (χ0) is 6.41. The Morgan fingerprint density at radius 3 is 2.75 bits per heavy atom. The topological polar surface area (TPSA) is 72.4 Å². The average molecular weight is 138 g/mol. The van der Waals surface area contributed by atoms with E-state index in [9.17, 15) is 8.76 Å². The predicted molar refractivity (Wildman–Crippen MR) is 28.9 cm³/mol. The molecule has 0 amide bonds. The first-order valence-electron chi connectivity index (χ1n) is 2.15. The number of aliphatic hydroxyl groups excluding tert-OH is 1. The van der Waals surface area contributed by atoms with Gasteiger partial charge in [-0.2, -0.15) is 0 Å². The van der Waals surface area contributed by atoms with Gasteiger partial charge in [0.1, 0.15) is 0 Å². The van der Waals surface area contributed by atoms with Crippen molar-refractivity contribution in [2.75, 3.05) is 19.0 Å². The lowest BCUT2D eigenvalue weighted by Crippen LogP contribution is -2.20. The Morgan fingerprint density at radius 1 is 1.75 bits per heavy atom. The Labute approximate surface area is 50.2 Å². The highest BCUT2D eigenvalue weighted by atomic mass is 32.2. The lowest BCUT2D eigenvalue weighted by Gasteiger charge is -2.02. The molecule has 1 atom stereocenters. The molecule has 0 aliphatic rings. The molecule has 4 nitrogen and oxygen atoms in total. The van der Waals surface area contributed by atoms with E-state index >= 15 is 0 Å². The summed E-state index contributed by atoms with van der Waals surface area (Å²) in [4.78, 5) is 0. The third-order valence-corrected chi connectivity index (χ3v) is 1.09. The van der Waals surface area contributed by atoms with Crippen LogP contribution in [-0.2, 0) is 11.1 Å². The predicted octanol–water partition coefficient (Wildman–Crippen LogP) is -1.60. The van der Waals surface area contributed by atoms with E-state index in [4.69, 9.17) is 5.11 Å². The van der Waals surface area contributed by atoms with Crippen LogP contribution in [0.15, 0.2) is 0 Å². The Bertz CT molecular complexity index is 76.9. The quantitative estimate of drug-likeness (QED) is 0.279. The second kappa shape index (κ2) is 5.17. The molecule has 0 fully saturated rings. The molecular weight excluding hydrogens is 130 g/mol. The second-order valence-electron chi connectivity index (χ2n) is 1.17. The first-order chi connectivity index (χ1) is 3.77. The molecule has 0 radical (unpaired) electrons. The average Bonchev–Trinajstić information content (AvgIpc) is 1.66. The van der Waals surface area contributed by atoms with Crippen molar-refractivity contribution in [2.24, 2.45) is 0 Å². The largest absolute Gasteiger partial charge is 0.772 e. The summed E-state index contributed by atoms with van der Waals surface area (Å²) < 4.78 is 19.5. The van der Waals surface area contributed by atoms with E-state index < -0.39 is 11.1 Å². The Hall–Kier alpha value is 0.0300. The molecule has 0 bridgehead atoms. The van der Waals surface area contributed by atoms with Gasteiger partial charge in [-0.25, -0.2) is 0 Å². The number of aliphatic hydroxyl groups is 1. The number of rotatable bonds is 4. The highest BCUT2D eigenvalue weighted by Crippen LogP contribution is 1.67. The molecule has 0 rings (SSSR count). The maximum atomic E-state index is 9.75. The van der Waals surface area contributed by atoms with E-state index in [1.54, 1.807) is 0 Å². The van der Waals surface area contributed by atoms with Crippen molar-refractivity contribution in [1.82, 2.24) is 5.32 Å². The minimum Gasteiger partial charge on any atom is -0.772 e. The monoisotopic (exact) mass is 138 g/mol. The van der Waals surface area contributed by atoms with E-state index in [0.29, 0.717) is 6.54 Å². The van der Waals surface area contributed by atoms with Crippen molar-refractivity contribution in [1.29, 1.82) is 0 Å². The van der Waals surface area contributed by atoms with E-state index in [0.717, 1.165) is 0 Å². The van der Waals surface area contributed by atoms with Crippen LogP contribution in [-0.4, -0.2) is 32.9 Å². The molecule has 0 aromatic carbocycles. The van der Waals surface area contributed by atoms with Crippen molar-refractivity contribution in [3.63, 3.8) is 0 Å². The first kappa shape index (κ1) is 8.03. The minimum absolute atomic E-state index is 0.0561. The Balaban J connectivity index is 2.82. The van der Waals surface area contributed by atoms with Gasteiger partial charge >= 0.3 is 0 Å². The molecule has 8 heavy (non-hydrogen) atoms. The molecule has 2 N–H and O–H groups in total. The van der Waals surface area contributed by atoms with Crippen LogP contribution < -0.4 is 5.32 Å². The zero-order valence-corrected chi connectivity index (χ0v) is 5.11. The van der Waals surface area contributed by atoms with Gasteiger partial charge in [-0.1, -0.05) is 11.1 Å². The molecule has 0 spiro atoms. The minimum atomic E-state index is -1.99. The summed E-state index contributed by atoms with van der Waals surface area (Å²) in [6.45, 7) is 0.143. The van der Waals surface area contributed by atoms with Gasteiger partial charge in [0.25, 0.3) is 0 Å². The second-order valence-corrected chi connectivity index (χ2v) is 2.18. The standard InChI is InChI=1S/C3H9NO3S/c5-3-4-1-2-8(6)7/h4-5H,1-3H2,(H,6,7)/p-1. The molecule has 0 saturated heterocycles. The molecule has 0 aromatic rings. The maximum Gasteiger partial charge on any atom is 0.0931 e. The van der Waals surface area contributed by atoms with Crippen LogP contribution in [0.3, 0.4) is 0 Å². The fourth-order valence-corrected chi connectivity index (χ4v) is 0.546. The van der Waals surface area contributed by atoms with Crippen LogP contribution in [0.1, 0.15) is 0 Å². The summed E-state index contributed by atoms with van der Waals surface area (Å²) in [5.41, 5.74) is 0. The van der Waals surface area contributed by atoms with E-state index in [2.05, 4.69) is 5.32 Å². The Morgan fingerprint density at radius 2 is 2.38 bits per heavy atom. The molecule has 0 heterocycles. The lowest BCUT2D eigenvalue weighted by atomic mass is 10.8. The summed E-state index contributed by atoms with van der Waals surface area (Å²) in [5.74, 6) is 0.0561. The summed E-state index contributed by atoms with van der Waals surface area (Å²) in [6, 6.07) is 0. The van der Waals surface area contributed by atoms with Crippen LogP contribution >= 0.6 is 0 Å². The number of hydrogen-bond acceptors (Lipinski definition) is 4. The van der Waals surface area contributed by atoms with Gasteiger partial charge < -0.3 is 9.66 Å². The molecule has 0 saturated carbocycles. The van der Waals surface area contributed by atoms with Gasteiger partial charge in [-0.15, -0.1) is 0 Å². The van der Waals surface area contributed by atoms with Gasteiger partial charge in [0.05, 0.1) is 6.73 Å². The molecule has 0 aliphatic carbocycles. The Kier molecular flexibility index (Phi) is 5.19. The van der Waals surface area contributed by atoms with E-state index in [1.165, 1.54) is 0 Å². The van der Waals surface area contributed by atoms with Gasteiger partial charge in [0.2, 0.25) is 0 Å². The van der Waals surface area contributed by atoms with Crippen molar-refractivity contribution >= 4 is 11.1 Å². The highest BCUT2D eigenvalue weighted by molar-refractivity contribution is 7.79. The van der Waals surface area contributed by atoms with Crippen LogP contribution in [0.25, 0.3) is 0 Å². The van der Waals surface area contributed by atoms with E-state index in [1.807, 2.05) is 0 Å². The lowest BCUT2D eigenvalue weighted by molar-refractivity contribution is 0.264. The SMILES string of the molecule is O=S([O-])CCNCO. The first-order valence-corrected chi connectivity index (χ1v) is 3.39. The van der Waals surface area contributed by atoms with Gasteiger partial charge in [0, 0.05) is 12.3 Å². The van der Waals surface area contributed by atoms with Crippen molar-refractivity contribution in [2.45, 2.75) is 0 Å². The molecule has 1 unspecified atom stereocenters. The molecular formula is C3H8NO3S-. The fraction of sp³-hybridized carbons (Fsp3) is 1.00. The summed E-state index contributed by atoms with van der Waals surface area (Å²) in [5, 5.41) is 10.5. The van der Waals surface area contributed by atoms with Crippen molar-refractivity contribution in [3.05, 3.63) is 0 Å². The van der Waals surface area contributed by atoms with Crippen molar-refractivity contribution in [3.8, 4) is 0 Å². The van der Waals surface area contributed by atoms with Crippen LogP contribution in [0.5, 0.6) is 0 Å². The molecule has 50 valence electrons. The normalized spacial score (nSPS) is 13.8. The summed E-state index contributed by atoms with van der Waals surface area (Å²) in [6.07, 6.45) is 0. The third kappa shape index (κ3) is 6.03. The molecule has 5 heteroatoms. The highest BCUT2D eigenvalue weighted by Gasteiger charge is 1.81. The summed E-state index contributed by atoms with van der Waals surface area (Å²) >= 11 is -1.99. The third-order valence-electron chi connectivity index (χ3n) is 0.557. The van der Waals surface area contributed by atoms with Crippen LogP contribution in [0, 0.1) is 0 Å². The maximum absolute atomic E-state index is 9.75. The molecule has 0 aliphatic heterocycles. The van der Waals surface area contributed by atoms with Gasteiger partial charge in [0.15, 0.2) is 0 Å². The van der Waals surface area contributed by atoms with Crippen LogP contribution in [0.4, 0.5) is 0 Å². The zero-order valence-electron chi connectivity index (χ0n) is 4.29.